The van der Waals surface area contributed by atoms with Gasteiger partial charge in [0.2, 0.25) is 0 Å². The molecule has 0 aliphatic rings. The van der Waals surface area contributed by atoms with Crippen LogP contribution in [0.2, 0.25) is 0 Å². The lowest BCUT2D eigenvalue weighted by Crippen LogP contribution is -2.26. The molecule has 0 saturated heterocycles. The number of H-pyrrole nitrogens is 1. The Labute approximate surface area is 168 Å². The van der Waals surface area contributed by atoms with Crippen LogP contribution in [0, 0.1) is 6.92 Å². The van der Waals surface area contributed by atoms with Gasteiger partial charge in [-0.25, -0.2) is 9.48 Å². The number of aromatic amines is 1. The first-order valence-corrected chi connectivity index (χ1v) is 9.58. The third kappa shape index (κ3) is 4.63. The number of hydrogen-bond donors (Lipinski definition) is 2. The highest BCUT2D eigenvalue weighted by Crippen LogP contribution is 2.17. The average molecular weight is 389 g/mol. The summed E-state index contributed by atoms with van der Waals surface area (Å²) in [6.07, 6.45) is 4.04. The fourth-order valence-electron chi connectivity index (χ4n) is 3.27. The van der Waals surface area contributed by atoms with Crippen molar-refractivity contribution in [1.82, 2.24) is 25.3 Å². The van der Waals surface area contributed by atoms with Gasteiger partial charge in [0, 0.05) is 23.6 Å². The Hall–Kier alpha value is -3.61. The summed E-state index contributed by atoms with van der Waals surface area (Å²) in [6, 6.07) is 16.3. The highest BCUT2D eigenvalue weighted by atomic mass is 16.5. The second-order valence-corrected chi connectivity index (χ2v) is 6.95. The number of aromatic nitrogens is 4. The van der Waals surface area contributed by atoms with Crippen LogP contribution in [-0.2, 0) is 24.3 Å². The third-order valence-electron chi connectivity index (χ3n) is 4.87. The van der Waals surface area contributed by atoms with Crippen LogP contribution in [0.25, 0.3) is 10.9 Å². The predicted molar refractivity (Wildman–Crippen MR) is 110 cm³/mol. The lowest BCUT2D eigenvalue weighted by Gasteiger charge is -2.05. The zero-order valence-electron chi connectivity index (χ0n) is 16.3. The molecular formula is C22H23N5O2. The molecule has 0 atom stereocenters. The second-order valence-electron chi connectivity index (χ2n) is 6.95. The van der Waals surface area contributed by atoms with Crippen LogP contribution in [0.3, 0.4) is 0 Å². The van der Waals surface area contributed by atoms with Crippen molar-refractivity contribution in [3.8, 4) is 0 Å². The number of ether oxygens (including phenoxy) is 1. The van der Waals surface area contributed by atoms with E-state index < -0.39 is 6.09 Å². The van der Waals surface area contributed by atoms with Crippen molar-refractivity contribution in [2.24, 2.45) is 0 Å². The first-order chi connectivity index (χ1) is 14.2. The molecule has 0 aliphatic heterocycles. The molecule has 2 heterocycles. The van der Waals surface area contributed by atoms with Crippen LogP contribution in [0.1, 0.15) is 22.4 Å². The zero-order chi connectivity index (χ0) is 20.1. The number of amides is 1. The van der Waals surface area contributed by atoms with Gasteiger partial charge in [0.1, 0.15) is 12.3 Å². The maximum atomic E-state index is 12.0. The van der Waals surface area contributed by atoms with Crippen LogP contribution < -0.4 is 5.32 Å². The number of fused-ring (bicyclic) bond motifs is 1. The summed E-state index contributed by atoms with van der Waals surface area (Å²) in [6.45, 7) is 3.29. The average Bonchev–Trinajstić information content (AvgIpc) is 3.35. The second kappa shape index (κ2) is 8.60. The van der Waals surface area contributed by atoms with Gasteiger partial charge in [-0.15, -0.1) is 5.10 Å². The molecule has 1 amide bonds. The monoisotopic (exact) mass is 389 g/mol. The number of alkyl carbamates (subject to hydrolysis) is 1. The van der Waals surface area contributed by atoms with E-state index in [0.717, 1.165) is 11.9 Å². The van der Waals surface area contributed by atoms with Crippen molar-refractivity contribution in [3.63, 3.8) is 0 Å². The fourth-order valence-corrected chi connectivity index (χ4v) is 3.27. The first kappa shape index (κ1) is 18.7. The zero-order valence-corrected chi connectivity index (χ0v) is 16.3. The molecule has 2 aromatic carbocycles. The smallest absolute Gasteiger partial charge is 0.407 e. The largest absolute Gasteiger partial charge is 0.443 e. The van der Waals surface area contributed by atoms with Gasteiger partial charge >= 0.3 is 6.09 Å². The van der Waals surface area contributed by atoms with E-state index in [9.17, 15) is 4.79 Å². The van der Waals surface area contributed by atoms with E-state index in [0.29, 0.717) is 18.8 Å². The highest BCUT2D eigenvalue weighted by molar-refractivity contribution is 5.83. The number of nitrogens with one attached hydrogen (secondary N) is 2. The molecule has 0 radical (unpaired) electrons. The summed E-state index contributed by atoms with van der Waals surface area (Å²) in [5.74, 6) is 0. The third-order valence-corrected chi connectivity index (χ3v) is 4.87. The standard InChI is InChI=1S/C22H23N5O2/c1-16-6-2-3-7-18(16)13-27-14-19(25-26-27)15-29-22(28)23-11-10-17-12-24-21-9-5-4-8-20(17)21/h2-9,12,14,24H,10-11,13,15H2,1H3,(H,23,28). The number of aryl methyl sites for hydroxylation is 1. The van der Waals surface area contributed by atoms with Crippen LogP contribution in [-0.4, -0.2) is 32.6 Å². The summed E-state index contributed by atoms with van der Waals surface area (Å²) in [7, 11) is 0. The lowest BCUT2D eigenvalue weighted by atomic mass is 10.1. The summed E-state index contributed by atoms with van der Waals surface area (Å²) in [5.41, 5.74) is 5.26. The number of para-hydroxylation sites is 1. The molecule has 148 valence electrons. The Bertz CT molecular complexity index is 1120. The van der Waals surface area contributed by atoms with Crippen LogP contribution in [0.4, 0.5) is 4.79 Å². The molecule has 0 saturated carbocycles. The Morgan fingerprint density at radius 1 is 1.14 bits per heavy atom. The maximum absolute atomic E-state index is 12.0. The number of carbonyl (C=O) groups excluding carboxylic acids is 1. The van der Waals surface area contributed by atoms with Gasteiger partial charge in [-0.3, -0.25) is 0 Å². The van der Waals surface area contributed by atoms with Gasteiger partial charge in [0.15, 0.2) is 0 Å². The maximum Gasteiger partial charge on any atom is 0.407 e. The van der Waals surface area contributed by atoms with Crippen molar-refractivity contribution < 1.29 is 9.53 Å². The quantitative estimate of drug-likeness (QED) is 0.506. The van der Waals surface area contributed by atoms with Crippen LogP contribution in [0.5, 0.6) is 0 Å². The molecule has 2 aromatic heterocycles. The topological polar surface area (TPSA) is 84.8 Å². The minimum atomic E-state index is -0.460. The molecule has 4 aromatic rings. The summed E-state index contributed by atoms with van der Waals surface area (Å²) >= 11 is 0. The van der Waals surface area contributed by atoms with E-state index in [-0.39, 0.29) is 6.61 Å². The molecule has 4 rings (SSSR count). The summed E-state index contributed by atoms with van der Waals surface area (Å²) in [4.78, 5) is 15.2. The van der Waals surface area contributed by atoms with Crippen molar-refractivity contribution in [1.29, 1.82) is 0 Å². The van der Waals surface area contributed by atoms with Gasteiger partial charge in [-0.05, 0) is 36.1 Å². The van der Waals surface area contributed by atoms with Crippen LogP contribution in [0.15, 0.2) is 60.9 Å². The minimum absolute atomic E-state index is 0.0900. The van der Waals surface area contributed by atoms with Gasteiger partial charge in [0.25, 0.3) is 0 Å². The van der Waals surface area contributed by atoms with Crippen molar-refractivity contribution in [3.05, 3.63) is 83.3 Å². The van der Waals surface area contributed by atoms with Crippen molar-refractivity contribution in [2.45, 2.75) is 26.5 Å². The molecule has 0 bridgehead atoms. The SMILES string of the molecule is Cc1ccccc1Cn1cc(COC(=O)NCCc2c[nH]c3ccccc23)nn1. The molecule has 0 unspecified atom stereocenters. The number of nitrogens with zero attached hydrogens (tertiary/aromatic N) is 3. The van der Waals surface area contributed by atoms with Crippen LogP contribution >= 0.6 is 0 Å². The fraction of sp³-hybridized carbons (Fsp3) is 0.227. The summed E-state index contributed by atoms with van der Waals surface area (Å²) in [5, 5.41) is 12.1. The van der Waals surface area contributed by atoms with E-state index in [1.807, 2.05) is 36.5 Å². The molecule has 0 aliphatic carbocycles. The molecule has 0 fully saturated rings. The highest BCUT2D eigenvalue weighted by Gasteiger charge is 2.08. The predicted octanol–water partition coefficient (Wildman–Crippen LogP) is 3.59. The van der Waals surface area contributed by atoms with E-state index in [2.05, 4.69) is 45.7 Å². The first-order valence-electron chi connectivity index (χ1n) is 9.58. The Kier molecular flexibility index (Phi) is 5.56. The van der Waals surface area contributed by atoms with E-state index in [4.69, 9.17) is 4.74 Å². The molecule has 2 N–H and O–H groups in total. The Morgan fingerprint density at radius 3 is 2.86 bits per heavy atom. The number of rotatable bonds is 7. The number of hydrogen-bond acceptors (Lipinski definition) is 4. The Balaban J connectivity index is 1.23. The van der Waals surface area contributed by atoms with Crippen molar-refractivity contribution in [2.75, 3.05) is 6.54 Å². The lowest BCUT2D eigenvalue weighted by molar-refractivity contribution is 0.138. The van der Waals surface area contributed by atoms with Crippen molar-refractivity contribution >= 4 is 17.0 Å². The summed E-state index contributed by atoms with van der Waals surface area (Å²) < 4.78 is 6.99. The van der Waals surface area contributed by atoms with Gasteiger partial charge < -0.3 is 15.0 Å². The molecule has 29 heavy (non-hydrogen) atoms. The molecule has 7 nitrogen and oxygen atoms in total. The van der Waals surface area contributed by atoms with Gasteiger partial charge in [-0.1, -0.05) is 47.7 Å². The molecule has 0 spiro atoms. The minimum Gasteiger partial charge on any atom is -0.443 e. The number of carbonyl (C=O) groups is 1. The van der Waals surface area contributed by atoms with E-state index in [1.165, 1.54) is 22.1 Å². The molecule has 7 heteroatoms. The molecular weight excluding hydrogens is 366 g/mol. The number of benzene rings is 2. The van der Waals surface area contributed by atoms with E-state index in [1.54, 1.807) is 10.9 Å². The van der Waals surface area contributed by atoms with Gasteiger partial charge in [0.05, 0.1) is 12.7 Å². The van der Waals surface area contributed by atoms with E-state index >= 15 is 0 Å². The normalized spacial score (nSPS) is 10.9. The van der Waals surface area contributed by atoms with Gasteiger partial charge in [-0.2, -0.15) is 0 Å². The Morgan fingerprint density at radius 2 is 1.97 bits per heavy atom.